The maximum Gasteiger partial charge on any atom is 0.314 e. The summed E-state index contributed by atoms with van der Waals surface area (Å²) >= 11 is 0. The van der Waals surface area contributed by atoms with Crippen molar-refractivity contribution in [3.8, 4) is 0 Å². The van der Waals surface area contributed by atoms with Crippen LogP contribution in [0.2, 0.25) is 0 Å². The minimum absolute atomic E-state index is 0.0766. The van der Waals surface area contributed by atoms with Gasteiger partial charge in [0.15, 0.2) is 5.82 Å². The summed E-state index contributed by atoms with van der Waals surface area (Å²) in [5, 5.41) is 19.7. The Kier molecular flexibility index (Phi) is 5.65. The third-order valence-electron chi connectivity index (χ3n) is 4.57. The average molecular weight is 359 g/mol. The van der Waals surface area contributed by atoms with Crippen LogP contribution in [0, 0.1) is 5.92 Å². The Morgan fingerprint density at radius 1 is 1.15 bits per heavy atom. The molecule has 1 aliphatic rings. The zero-order chi connectivity index (χ0) is 18.4. The van der Waals surface area contributed by atoms with E-state index in [1.54, 1.807) is 0 Å². The molecule has 2 heterocycles. The minimum atomic E-state index is -1.28. The highest BCUT2D eigenvalue weighted by Crippen LogP contribution is 2.35. The Hall–Kier alpha value is -2.71. The van der Waals surface area contributed by atoms with Gasteiger partial charge in [0.2, 0.25) is 0 Å². The Labute approximate surface area is 150 Å². The van der Waals surface area contributed by atoms with Gasteiger partial charge in [0.05, 0.1) is 6.54 Å². The summed E-state index contributed by atoms with van der Waals surface area (Å²) in [5.41, 5.74) is -0.585. The molecule has 3 rings (SSSR count). The summed E-state index contributed by atoms with van der Waals surface area (Å²) in [6, 6.07) is 10.6. The summed E-state index contributed by atoms with van der Waals surface area (Å²) in [4.78, 5) is 24.0. The number of aromatic nitrogens is 1. The molecule has 8 nitrogen and oxygen atoms in total. The number of rotatable bonds is 5. The quantitative estimate of drug-likeness (QED) is 0.688. The lowest BCUT2D eigenvalue weighted by Gasteiger charge is -2.39. The summed E-state index contributed by atoms with van der Waals surface area (Å²) in [6.45, 7) is 1.04. The molecule has 1 aromatic heterocycles. The lowest BCUT2D eigenvalue weighted by Crippen LogP contribution is -2.49. The van der Waals surface area contributed by atoms with Crippen molar-refractivity contribution >= 4 is 17.6 Å². The van der Waals surface area contributed by atoms with Crippen molar-refractivity contribution in [3.05, 3.63) is 48.2 Å². The molecule has 0 spiro atoms. The lowest BCUT2D eigenvalue weighted by atomic mass is 9.77. The van der Waals surface area contributed by atoms with Gasteiger partial charge < -0.3 is 19.7 Å². The average Bonchev–Trinajstić information content (AvgIpc) is 3.20. The second-order valence-corrected chi connectivity index (χ2v) is 6.20. The van der Waals surface area contributed by atoms with E-state index in [9.17, 15) is 14.7 Å². The molecule has 1 aromatic carbocycles. The van der Waals surface area contributed by atoms with Gasteiger partial charge in [-0.2, -0.15) is 0 Å². The zero-order valence-electron chi connectivity index (χ0n) is 14.2. The first-order chi connectivity index (χ1) is 12.6. The molecule has 138 valence electrons. The first-order valence-electron chi connectivity index (χ1n) is 8.45. The molecule has 0 aliphatic carbocycles. The van der Waals surface area contributed by atoms with E-state index in [1.807, 2.05) is 30.3 Å². The van der Waals surface area contributed by atoms with Gasteiger partial charge in [-0.1, -0.05) is 35.5 Å². The van der Waals surface area contributed by atoms with Crippen LogP contribution in [0.25, 0.3) is 0 Å². The van der Waals surface area contributed by atoms with Crippen molar-refractivity contribution in [2.45, 2.75) is 18.4 Å². The van der Waals surface area contributed by atoms with Crippen LogP contribution in [-0.4, -0.2) is 41.8 Å². The van der Waals surface area contributed by atoms with E-state index >= 15 is 0 Å². The lowest BCUT2D eigenvalue weighted by molar-refractivity contribution is -0.137. The first-order valence-corrected chi connectivity index (χ1v) is 8.45. The Morgan fingerprint density at radius 3 is 2.54 bits per heavy atom. The van der Waals surface area contributed by atoms with Gasteiger partial charge in [-0.15, -0.1) is 0 Å². The third kappa shape index (κ3) is 4.09. The van der Waals surface area contributed by atoms with Gasteiger partial charge in [0.1, 0.15) is 11.9 Å². The number of anilines is 1. The Morgan fingerprint density at radius 2 is 1.88 bits per heavy atom. The van der Waals surface area contributed by atoms with E-state index in [-0.39, 0.29) is 18.3 Å². The fourth-order valence-electron chi connectivity index (χ4n) is 3.13. The number of ether oxygens (including phenoxy) is 1. The van der Waals surface area contributed by atoms with Crippen LogP contribution in [0.5, 0.6) is 0 Å². The second-order valence-electron chi connectivity index (χ2n) is 6.20. The van der Waals surface area contributed by atoms with Gasteiger partial charge >= 0.3 is 11.8 Å². The van der Waals surface area contributed by atoms with Crippen LogP contribution < -0.4 is 10.6 Å². The summed E-state index contributed by atoms with van der Waals surface area (Å²) in [7, 11) is 0. The van der Waals surface area contributed by atoms with Gasteiger partial charge in [-0.25, -0.2) is 0 Å². The fraction of sp³-hybridized carbons (Fsp3) is 0.389. The second kappa shape index (κ2) is 8.11. The first kappa shape index (κ1) is 18.1. The van der Waals surface area contributed by atoms with Crippen LogP contribution in [0.15, 0.2) is 47.2 Å². The number of benzene rings is 1. The van der Waals surface area contributed by atoms with E-state index in [2.05, 4.69) is 20.3 Å². The summed E-state index contributed by atoms with van der Waals surface area (Å²) in [6.07, 6.45) is 2.63. The van der Waals surface area contributed by atoms with E-state index in [1.165, 1.54) is 12.3 Å². The SMILES string of the molecule is O=C(NC[C@](O)(c1ccccc1)C1CCOCC1)C(=O)Nc1ccon1. The smallest absolute Gasteiger partial charge is 0.314 e. The predicted octanol–water partition coefficient (Wildman–Crippen LogP) is 1.04. The molecule has 3 N–H and O–H groups in total. The summed E-state index contributed by atoms with van der Waals surface area (Å²) < 4.78 is 9.97. The number of amides is 2. The normalized spacial score (nSPS) is 17.3. The fourth-order valence-corrected chi connectivity index (χ4v) is 3.13. The van der Waals surface area contributed by atoms with Crippen molar-refractivity contribution in [2.24, 2.45) is 5.92 Å². The maximum atomic E-state index is 12.1. The van der Waals surface area contributed by atoms with Crippen molar-refractivity contribution in [1.82, 2.24) is 10.5 Å². The number of aliphatic hydroxyl groups is 1. The third-order valence-corrected chi connectivity index (χ3v) is 4.57. The molecule has 0 unspecified atom stereocenters. The van der Waals surface area contributed by atoms with Crippen LogP contribution >= 0.6 is 0 Å². The molecular formula is C18H21N3O5. The summed E-state index contributed by atoms with van der Waals surface area (Å²) in [5.74, 6) is -1.67. The van der Waals surface area contributed by atoms with Crippen molar-refractivity contribution in [3.63, 3.8) is 0 Å². The largest absolute Gasteiger partial charge is 0.383 e. The van der Waals surface area contributed by atoms with Gasteiger partial charge in [-0.3, -0.25) is 14.9 Å². The molecule has 2 amide bonds. The van der Waals surface area contributed by atoms with E-state index < -0.39 is 17.4 Å². The highest BCUT2D eigenvalue weighted by Gasteiger charge is 2.39. The van der Waals surface area contributed by atoms with E-state index in [4.69, 9.17) is 4.74 Å². The molecule has 1 atom stereocenters. The molecule has 26 heavy (non-hydrogen) atoms. The standard InChI is InChI=1S/C18H21N3O5/c22-16(17(23)20-15-8-11-26-21-15)19-12-18(24,13-4-2-1-3-5-13)14-6-9-25-10-7-14/h1-5,8,11,14,24H,6-7,9-10,12H2,(H,19,22)(H,20,21,23)/t18-/m0/s1. The molecule has 0 saturated carbocycles. The van der Waals surface area contributed by atoms with Crippen molar-refractivity contribution < 1.29 is 24.0 Å². The minimum Gasteiger partial charge on any atom is -0.383 e. The number of nitrogens with zero attached hydrogens (tertiary/aromatic N) is 1. The predicted molar refractivity (Wildman–Crippen MR) is 92.0 cm³/mol. The molecule has 1 fully saturated rings. The Bertz CT molecular complexity index is 729. The topological polar surface area (TPSA) is 114 Å². The van der Waals surface area contributed by atoms with Gasteiger partial charge in [-0.05, 0) is 24.3 Å². The maximum absolute atomic E-state index is 12.1. The molecule has 8 heteroatoms. The van der Waals surface area contributed by atoms with Gasteiger partial charge in [0.25, 0.3) is 0 Å². The number of carbonyl (C=O) groups is 2. The number of hydrogen-bond donors (Lipinski definition) is 3. The van der Waals surface area contributed by atoms with Crippen molar-refractivity contribution in [2.75, 3.05) is 25.1 Å². The highest BCUT2D eigenvalue weighted by molar-refractivity contribution is 6.39. The van der Waals surface area contributed by atoms with Crippen LogP contribution in [-0.2, 0) is 19.9 Å². The van der Waals surface area contributed by atoms with Gasteiger partial charge in [0, 0.05) is 19.3 Å². The number of carbonyl (C=O) groups excluding carboxylic acids is 2. The highest BCUT2D eigenvalue weighted by atomic mass is 16.5. The number of nitrogens with one attached hydrogen (secondary N) is 2. The van der Waals surface area contributed by atoms with Crippen LogP contribution in [0.3, 0.4) is 0 Å². The van der Waals surface area contributed by atoms with Crippen LogP contribution in [0.1, 0.15) is 18.4 Å². The van der Waals surface area contributed by atoms with Crippen LogP contribution in [0.4, 0.5) is 5.82 Å². The Balaban J connectivity index is 1.69. The van der Waals surface area contributed by atoms with E-state index in [0.717, 1.165) is 0 Å². The molecule has 1 aliphatic heterocycles. The monoisotopic (exact) mass is 359 g/mol. The zero-order valence-corrected chi connectivity index (χ0v) is 14.2. The molecule has 0 radical (unpaired) electrons. The number of hydrogen-bond acceptors (Lipinski definition) is 6. The molecule has 2 aromatic rings. The van der Waals surface area contributed by atoms with E-state index in [0.29, 0.717) is 31.6 Å². The molecule has 1 saturated heterocycles. The van der Waals surface area contributed by atoms with Crippen molar-refractivity contribution in [1.29, 1.82) is 0 Å². The molecule has 0 bridgehead atoms. The molecular weight excluding hydrogens is 338 g/mol.